The molecule has 0 spiro atoms. The maximum Gasteiger partial charge on any atom is 0.259 e. The molecule has 3 rings (SSSR count). The third kappa shape index (κ3) is 3.11. The Morgan fingerprint density at radius 3 is 2.96 bits per heavy atom. The molecule has 4 nitrogen and oxygen atoms in total. The average molecular weight is 328 g/mol. The topological polar surface area (TPSA) is 42.4 Å². The molecule has 0 aliphatic carbocycles. The summed E-state index contributed by atoms with van der Waals surface area (Å²) >= 11 is 0. The van der Waals surface area contributed by atoms with Crippen LogP contribution in [0.25, 0.3) is 0 Å². The van der Waals surface area contributed by atoms with Crippen molar-refractivity contribution < 1.29 is 13.9 Å². The van der Waals surface area contributed by atoms with Crippen molar-refractivity contribution in [1.82, 2.24) is 9.88 Å². The zero-order chi connectivity index (χ0) is 17.2. The number of carbonyl (C=O) groups excluding carboxylic acids is 1. The second-order valence-electron chi connectivity index (χ2n) is 6.42. The van der Waals surface area contributed by atoms with E-state index in [-0.39, 0.29) is 17.3 Å². The third-order valence-corrected chi connectivity index (χ3v) is 4.66. The largest absolute Gasteiger partial charge is 0.480 e. The molecular weight excluding hydrogens is 307 g/mol. The van der Waals surface area contributed by atoms with Crippen LogP contribution in [0.2, 0.25) is 0 Å². The molecule has 0 saturated carbocycles. The van der Waals surface area contributed by atoms with Gasteiger partial charge in [-0.15, -0.1) is 0 Å². The Bertz CT molecular complexity index is 750. The smallest absolute Gasteiger partial charge is 0.259 e. The van der Waals surface area contributed by atoms with Crippen molar-refractivity contribution in [2.24, 2.45) is 0 Å². The van der Waals surface area contributed by atoms with Crippen LogP contribution in [0.3, 0.4) is 0 Å². The number of likely N-dealkylation sites (tertiary alicyclic amines) is 1. The second kappa shape index (κ2) is 6.59. The first-order chi connectivity index (χ1) is 11.5. The van der Waals surface area contributed by atoms with Crippen LogP contribution < -0.4 is 4.74 Å². The molecule has 2 aromatic rings. The second-order valence-corrected chi connectivity index (χ2v) is 6.42. The summed E-state index contributed by atoms with van der Waals surface area (Å²) in [7, 11) is 1.51. The molecule has 2 heterocycles. The Hall–Kier alpha value is -2.43. The van der Waals surface area contributed by atoms with E-state index in [1.54, 1.807) is 24.4 Å². The highest BCUT2D eigenvalue weighted by atomic mass is 19.1. The lowest BCUT2D eigenvalue weighted by atomic mass is 9.89. The fourth-order valence-corrected chi connectivity index (χ4v) is 3.50. The summed E-state index contributed by atoms with van der Waals surface area (Å²) in [5.74, 6) is -0.000222. The number of carbonyl (C=O) groups is 1. The van der Waals surface area contributed by atoms with Crippen LogP contribution in [-0.2, 0) is 6.42 Å². The van der Waals surface area contributed by atoms with Crippen LogP contribution in [0.1, 0.15) is 35.7 Å². The van der Waals surface area contributed by atoms with Gasteiger partial charge in [0.05, 0.1) is 7.11 Å². The number of hydrogen-bond donors (Lipinski definition) is 0. The highest BCUT2D eigenvalue weighted by Gasteiger charge is 2.40. The normalized spacial score (nSPS) is 20.2. The van der Waals surface area contributed by atoms with E-state index in [9.17, 15) is 9.18 Å². The van der Waals surface area contributed by atoms with E-state index < -0.39 is 0 Å². The number of methoxy groups -OCH3 is 1. The number of aromatic nitrogens is 1. The number of amides is 1. The van der Waals surface area contributed by atoms with Crippen molar-refractivity contribution in [1.29, 1.82) is 0 Å². The van der Waals surface area contributed by atoms with Crippen LogP contribution in [0.15, 0.2) is 42.6 Å². The molecule has 1 atom stereocenters. The molecule has 24 heavy (non-hydrogen) atoms. The molecule has 1 saturated heterocycles. The Labute approximate surface area is 141 Å². The molecule has 1 aromatic carbocycles. The lowest BCUT2D eigenvalue weighted by molar-refractivity contribution is 0.0620. The van der Waals surface area contributed by atoms with E-state index in [2.05, 4.69) is 11.9 Å². The first-order valence-electron chi connectivity index (χ1n) is 8.09. The minimum absolute atomic E-state index is 0.0867. The Morgan fingerprint density at radius 1 is 1.38 bits per heavy atom. The maximum absolute atomic E-state index is 13.5. The average Bonchev–Trinajstić information content (AvgIpc) is 2.95. The fraction of sp³-hybridized carbons (Fsp3) is 0.368. The van der Waals surface area contributed by atoms with Gasteiger partial charge in [-0.2, -0.15) is 0 Å². The van der Waals surface area contributed by atoms with Crippen LogP contribution in [0.5, 0.6) is 5.88 Å². The number of hydrogen-bond acceptors (Lipinski definition) is 3. The maximum atomic E-state index is 13.5. The molecule has 1 unspecified atom stereocenters. The van der Waals surface area contributed by atoms with Crippen molar-refractivity contribution in [3.05, 3.63) is 59.5 Å². The van der Waals surface area contributed by atoms with Crippen molar-refractivity contribution in [2.45, 2.75) is 31.7 Å². The summed E-state index contributed by atoms with van der Waals surface area (Å²) in [5.41, 5.74) is 1.02. The van der Waals surface area contributed by atoms with E-state index >= 15 is 0 Å². The van der Waals surface area contributed by atoms with Crippen molar-refractivity contribution >= 4 is 5.91 Å². The summed E-state index contributed by atoms with van der Waals surface area (Å²) < 4.78 is 18.7. The van der Waals surface area contributed by atoms with E-state index in [1.165, 1.54) is 19.2 Å². The monoisotopic (exact) mass is 328 g/mol. The first kappa shape index (κ1) is 16.4. The van der Waals surface area contributed by atoms with Crippen LogP contribution >= 0.6 is 0 Å². The lowest BCUT2D eigenvalue weighted by Gasteiger charge is -2.36. The van der Waals surface area contributed by atoms with Crippen LogP contribution in [0, 0.1) is 5.82 Å². The zero-order valence-corrected chi connectivity index (χ0v) is 14.0. The van der Waals surface area contributed by atoms with Gasteiger partial charge in [-0.1, -0.05) is 12.1 Å². The summed E-state index contributed by atoms with van der Waals surface area (Å²) in [4.78, 5) is 19.0. The molecule has 126 valence electrons. The standard InChI is InChI=1S/C19H21FN2O2/c1-19(13-14-6-3-7-15(20)12-14)9-5-11-22(19)18(23)16-8-4-10-21-17(16)24-2/h3-4,6-8,10,12H,5,9,11,13H2,1-2H3. The lowest BCUT2D eigenvalue weighted by Crippen LogP contribution is -2.46. The van der Waals surface area contributed by atoms with Gasteiger partial charge in [0, 0.05) is 18.3 Å². The zero-order valence-electron chi connectivity index (χ0n) is 14.0. The van der Waals surface area contributed by atoms with Crippen LogP contribution in [0.4, 0.5) is 4.39 Å². The van der Waals surface area contributed by atoms with E-state index in [1.807, 2.05) is 11.0 Å². The number of nitrogens with zero attached hydrogens (tertiary/aromatic N) is 2. The van der Waals surface area contributed by atoms with Gasteiger partial charge in [-0.3, -0.25) is 4.79 Å². The molecule has 0 radical (unpaired) electrons. The van der Waals surface area contributed by atoms with Gasteiger partial charge in [0.1, 0.15) is 11.4 Å². The Kier molecular flexibility index (Phi) is 4.51. The van der Waals surface area contributed by atoms with Crippen molar-refractivity contribution in [2.75, 3.05) is 13.7 Å². The Morgan fingerprint density at radius 2 is 2.21 bits per heavy atom. The third-order valence-electron chi connectivity index (χ3n) is 4.66. The summed E-state index contributed by atoms with van der Waals surface area (Å²) in [5, 5.41) is 0. The molecule has 1 fully saturated rings. The minimum Gasteiger partial charge on any atom is -0.480 e. The van der Waals surface area contributed by atoms with E-state index in [4.69, 9.17) is 4.74 Å². The van der Waals surface area contributed by atoms with Crippen LogP contribution in [-0.4, -0.2) is 35.0 Å². The molecule has 1 aromatic heterocycles. The minimum atomic E-state index is -0.342. The quantitative estimate of drug-likeness (QED) is 0.863. The molecule has 0 N–H and O–H groups in total. The molecular formula is C19H21FN2O2. The number of pyridine rings is 1. The van der Waals surface area contributed by atoms with E-state index in [0.29, 0.717) is 24.4 Å². The number of ether oxygens (including phenoxy) is 1. The van der Waals surface area contributed by atoms with Gasteiger partial charge in [-0.25, -0.2) is 9.37 Å². The fourth-order valence-electron chi connectivity index (χ4n) is 3.50. The highest BCUT2D eigenvalue weighted by molar-refractivity contribution is 5.97. The van der Waals surface area contributed by atoms with E-state index in [0.717, 1.165) is 18.4 Å². The van der Waals surface area contributed by atoms with Gasteiger partial charge in [0.15, 0.2) is 0 Å². The van der Waals surface area contributed by atoms with Crippen molar-refractivity contribution in [3.8, 4) is 5.88 Å². The molecule has 1 aliphatic rings. The number of rotatable bonds is 4. The molecule has 0 bridgehead atoms. The predicted molar refractivity (Wildman–Crippen MR) is 89.6 cm³/mol. The Balaban J connectivity index is 1.88. The number of halogens is 1. The highest BCUT2D eigenvalue weighted by Crippen LogP contribution is 2.34. The molecule has 1 amide bonds. The summed E-state index contributed by atoms with van der Waals surface area (Å²) in [6.07, 6.45) is 4.04. The number of benzene rings is 1. The van der Waals surface area contributed by atoms with Gasteiger partial charge in [0.2, 0.25) is 5.88 Å². The van der Waals surface area contributed by atoms with Crippen molar-refractivity contribution in [3.63, 3.8) is 0 Å². The summed E-state index contributed by atoms with van der Waals surface area (Å²) in [6.45, 7) is 2.74. The first-order valence-corrected chi connectivity index (χ1v) is 8.09. The van der Waals surface area contributed by atoms with Gasteiger partial charge >= 0.3 is 0 Å². The molecule has 1 aliphatic heterocycles. The predicted octanol–water partition coefficient (Wildman–Crippen LogP) is 3.47. The SMILES string of the molecule is COc1ncccc1C(=O)N1CCCC1(C)Cc1cccc(F)c1. The van der Waals surface area contributed by atoms with Gasteiger partial charge in [0.25, 0.3) is 5.91 Å². The van der Waals surface area contributed by atoms with Gasteiger partial charge in [-0.05, 0) is 56.0 Å². The summed E-state index contributed by atoms with van der Waals surface area (Å²) in [6, 6.07) is 10.0. The molecule has 5 heteroatoms. The van der Waals surface area contributed by atoms with Gasteiger partial charge < -0.3 is 9.64 Å².